The van der Waals surface area contributed by atoms with Gasteiger partial charge in [0.15, 0.2) is 0 Å². The molecular weight excluding hydrogens is 426 g/mol. The van der Waals surface area contributed by atoms with Crippen molar-refractivity contribution in [2.45, 2.75) is 85.9 Å². The quantitative estimate of drug-likeness (QED) is 0.419. The Labute approximate surface area is 197 Å². The summed E-state index contributed by atoms with van der Waals surface area (Å²) in [5, 5.41) is 12.3. The zero-order valence-corrected chi connectivity index (χ0v) is 21.3. The molecule has 9 heteroatoms. The molecule has 0 saturated carbocycles. The van der Waals surface area contributed by atoms with Crippen molar-refractivity contribution in [2.75, 3.05) is 20.2 Å². The summed E-state index contributed by atoms with van der Waals surface area (Å²) in [5.41, 5.74) is -0.212. The number of ether oxygens (including phenoxy) is 1. The summed E-state index contributed by atoms with van der Waals surface area (Å²) < 4.78 is 5.06. The Morgan fingerprint density at radius 3 is 2.30 bits per heavy atom. The molecule has 0 spiro atoms. The SMILES string of the molecule is CCOC(=O)C(C)=CC(C(C)C)N(C)C(=O)C(NC(=O)C1CCCCN1C(=O)O)C(C)(C)C. The molecule has 0 radical (unpaired) electrons. The smallest absolute Gasteiger partial charge is 0.407 e. The Hall–Kier alpha value is -2.58. The number of likely N-dealkylation sites (N-methyl/N-ethyl adjacent to an activating group) is 1. The maximum absolute atomic E-state index is 13.6. The second-order valence-corrected chi connectivity index (χ2v) is 10.0. The first-order chi connectivity index (χ1) is 15.2. The van der Waals surface area contributed by atoms with Gasteiger partial charge in [-0.2, -0.15) is 0 Å². The van der Waals surface area contributed by atoms with Crippen LogP contribution in [0.4, 0.5) is 4.79 Å². The van der Waals surface area contributed by atoms with Gasteiger partial charge in [-0.15, -0.1) is 0 Å². The number of rotatable bonds is 8. The molecule has 0 aliphatic carbocycles. The number of carboxylic acid groups (broad SMARTS) is 1. The average Bonchev–Trinajstić information content (AvgIpc) is 2.73. The van der Waals surface area contributed by atoms with Gasteiger partial charge in [-0.25, -0.2) is 9.59 Å². The maximum Gasteiger partial charge on any atom is 0.407 e. The van der Waals surface area contributed by atoms with Crippen LogP contribution in [0.3, 0.4) is 0 Å². The minimum atomic E-state index is -1.13. The monoisotopic (exact) mass is 467 g/mol. The van der Waals surface area contributed by atoms with Crippen molar-refractivity contribution in [1.29, 1.82) is 0 Å². The number of esters is 1. The molecule has 33 heavy (non-hydrogen) atoms. The molecule has 3 unspecified atom stereocenters. The number of nitrogens with one attached hydrogen (secondary N) is 1. The predicted molar refractivity (Wildman–Crippen MR) is 126 cm³/mol. The largest absolute Gasteiger partial charge is 0.465 e. The van der Waals surface area contributed by atoms with Gasteiger partial charge >= 0.3 is 12.1 Å². The van der Waals surface area contributed by atoms with Crippen LogP contribution in [0.1, 0.15) is 67.7 Å². The van der Waals surface area contributed by atoms with E-state index in [1.54, 1.807) is 31.9 Å². The van der Waals surface area contributed by atoms with Crippen molar-refractivity contribution in [3.05, 3.63) is 11.6 Å². The van der Waals surface area contributed by atoms with Crippen LogP contribution in [0.5, 0.6) is 0 Å². The summed E-state index contributed by atoms with van der Waals surface area (Å²) in [6.45, 7) is 13.4. The van der Waals surface area contributed by atoms with Crippen molar-refractivity contribution in [3.8, 4) is 0 Å². The van der Waals surface area contributed by atoms with E-state index in [1.165, 1.54) is 0 Å². The third-order valence-electron chi connectivity index (χ3n) is 5.95. The van der Waals surface area contributed by atoms with Crippen LogP contribution < -0.4 is 5.32 Å². The van der Waals surface area contributed by atoms with Gasteiger partial charge in [0.2, 0.25) is 11.8 Å². The van der Waals surface area contributed by atoms with E-state index in [1.807, 2.05) is 34.6 Å². The summed E-state index contributed by atoms with van der Waals surface area (Å²) in [6.07, 6.45) is 2.47. The van der Waals surface area contributed by atoms with E-state index in [9.17, 15) is 24.3 Å². The van der Waals surface area contributed by atoms with Gasteiger partial charge in [0.25, 0.3) is 0 Å². The van der Waals surface area contributed by atoms with Crippen LogP contribution >= 0.6 is 0 Å². The molecule has 0 aromatic carbocycles. The molecule has 0 aromatic rings. The number of hydrogen-bond acceptors (Lipinski definition) is 5. The molecule has 2 N–H and O–H groups in total. The van der Waals surface area contributed by atoms with Crippen molar-refractivity contribution < 1.29 is 29.0 Å². The number of amides is 3. The van der Waals surface area contributed by atoms with Gasteiger partial charge in [-0.05, 0) is 44.4 Å². The standard InChI is InChI=1S/C24H41N3O6/c1-9-33-22(30)16(4)14-18(15(2)3)26(8)21(29)19(24(5,6)7)25-20(28)17-12-10-11-13-27(17)23(31)32/h14-15,17-19H,9-13H2,1-8H3,(H,25,28)(H,31,32). The summed E-state index contributed by atoms with van der Waals surface area (Å²) in [7, 11) is 1.65. The topological polar surface area (TPSA) is 116 Å². The summed E-state index contributed by atoms with van der Waals surface area (Å²) in [5.74, 6) is -1.20. The molecule has 9 nitrogen and oxygen atoms in total. The van der Waals surface area contributed by atoms with Gasteiger partial charge in [-0.1, -0.05) is 40.7 Å². The molecular formula is C24H41N3O6. The molecule has 3 atom stereocenters. The first-order valence-electron chi connectivity index (χ1n) is 11.6. The lowest BCUT2D eigenvalue weighted by Gasteiger charge is -2.39. The van der Waals surface area contributed by atoms with Crippen molar-refractivity contribution in [2.24, 2.45) is 11.3 Å². The van der Waals surface area contributed by atoms with E-state index in [4.69, 9.17) is 4.74 Å². The minimum Gasteiger partial charge on any atom is -0.465 e. The normalized spacial score (nSPS) is 19.0. The number of nitrogens with zero attached hydrogens (tertiary/aromatic N) is 2. The van der Waals surface area contributed by atoms with E-state index in [-0.39, 0.29) is 18.4 Å². The molecule has 3 amide bonds. The third-order valence-corrected chi connectivity index (χ3v) is 5.95. The van der Waals surface area contributed by atoms with Crippen molar-refractivity contribution >= 4 is 23.9 Å². The first kappa shape index (κ1) is 28.5. The van der Waals surface area contributed by atoms with E-state index in [0.29, 0.717) is 25.0 Å². The lowest BCUT2D eigenvalue weighted by Crippen LogP contribution is -2.60. The van der Waals surface area contributed by atoms with E-state index < -0.39 is 41.5 Å². The van der Waals surface area contributed by atoms with Crippen LogP contribution in [-0.4, -0.2) is 77.1 Å². The summed E-state index contributed by atoms with van der Waals surface area (Å²) in [4.78, 5) is 53.0. The van der Waals surface area contributed by atoms with Gasteiger partial charge in [-0.3, -0.25) is 14.5 Å². The molecule has 188 valence electrons. The van der Waals surface area contributed by atoms with Gasteiger partial charge in [0, 0.05) is 19.2 Å². The average molecular weight is 468 g/mol. The number of piperidine rings is 1. The lowest BCUT2D eigenvalue weighted by atomic mass is 9.84. The van der Waals surface area contributed by atoms with Gasteiger partial charge < -0.3 is 20.1 Å². The summed E-state index contributed by atoms with van der Waals surface area (Å²) in [6, 6.07) is -2.08. The Kier molecular flexibility index (Phi) is 10.4. The molecule has 1 aliphatic rings. The molecule has 1 fully saturated rings. The first-order valence-corrected chi connectivity index (χ1v) is 11.6. The Morgan fingerprint density at radius 1 is 1.21 bits per heavy atom. The summed E-state index contributed by atoms with van der Waals surface area (Å²) >= 11 is 0. The zero-order chi connectivity index (χ0) is 25.5. The highest BCUT2D eigenvalue weighted by molar-refractivity contribution is 5.92. The van der Waals surface area contributed by atoms with Crippen molar-refractivity contribution in [1.82, 2.24) is 15.1 Å². The van der Waals surface area contributed by atoms with E-state index >= 15 is 0 Å². The fraction of sp³-hybridized carbons (Fsp3) is 0.750. The van der Waals surface area contributed by atoms with Gasteiger partial charge in [0.1, 0.15) is 12.1 Å². The van der Waals surface area contributed by atoms with E-state index in [2.05, 4.69) is 5.32 Å². The molecule has 1 heterocycles. The van der Waals surface area contributed by atoms with Crippen molar-refractivity contribution in [3.63, 3.8) is 0 Å². The van der Waals surface area contributed by atoms with Crippen LogP contribution in [0.2, 0.25) is 0 Å². The zero-order valence-electron chi connectivity index (χ0n) is 21.3. The molecule has 1 saturated heterocycles. The highest BCUT2D eigenvalue weighted by Gasteiger charge is 2.40. The third kappa shape index (κ3) is 7.75. The fourth-order valence-corrected chi connectivity index (χ4v) is 3.99. The van der Waals surface area contributed by atoms with Crippen LogP contribution in [0.25, 0.3) is 0 Å². The molecule has 1 rings (SSSR count). The number of carbonyl (C=O) groups excluding carboxylic acids is 3. The molecule has 1 aliphatic heterocycles. The number of likely N-dealkylation sites (tertiary alicyclic amines) is 1. The Balaban J connectivity index is 3.16. The van der Waals surface area contributed by atoms with E-state index in [0.717, 1.165) is 11.3 Å². The second kappa shape index (κ2) is 12.0. The minimum absolute atomic E-state index is 0.000456. The van der Waals surface area contributed by atoms with Crippen LogP contribution in [0, 0.1) is 11.3 Å². The van der Waals surface area contributed by atoms with Gasteiger partial charge in [0.05, 0.1) is 12.6 Å². The highest BCUT2D eigenvalue weighted by atomic mass is 16.5. The predicted octanol–water partition coefficient (Wildman–Crippen LogP) is 3.04. The second-order valence-electron chi connectivity index (χ2n) is 10.0. The highest BCUT2D eigenvalue weighted by Crippen LogP contribution is 2.25. The lowest BCUT2D eigenvalue weighted by molar-refractivity contribution is -0.141. The number of hydrogen-bond donors (Lipinski definition) is 2. The Morgan fingerprint density at radius 2 is 1.82 bits per heavy atom. The van der Waals surface area contributed by atoms with Crippen LogP contribution in [-0.2, 0) is 19.1 Å². The fourth-order valence-electron chi connectivity index (χ4n) is 3.99. The maximum atomic E-state index is 13.6. The van der Waals surface area contributed by atoms with Crippen LogP contribution in [0.15, 0.2) is 11.6 Å². The number of carbonyl (C=O) groups is 4. The molecule has 0 bridgehead atoms. The molecule has 0 aromatic heterocycles. The Bertz CT molecular complexity index is 756.